The highest BCUT2D eigenvalue weighted by atomic mass is 35.5. The van der Waals surface area contributed by atoms with Crippen LogP contribution in [0.25, 0.3) is 0 Å². The van der Waals surface area contributed by atoms with Crippen molar-refractivity contribution in [2.75, 3.05) is 0 Å². The SMILES string of the molecule is Cc1c(C(=O)O)sc(F)c1Cl. The third-order valence-corrected chi connectivity index (χ3v) is 2.86. The van der Waals surface area contributed by atoms with Crippen LogP contribution in [0.5, 0.6) is 0 Å². The minimum atomic E-state index is -1.14. The van der Waals surface area contributed by atoms with Gasteiger partial charge in [0.25, 0.3) is 0 Å². The Morgan fingerprint density at radius 3 is 2.45 bits per heavy atom. The van der Waals surface area contributed by atoms with Crippen molar-refractivity contribution in [2.24, 2.45) is 0 Å². The summed E-state index contributed by atoms with van der Waals surface area (Å²) in [7, 11) is 0. The van der Waals surface area contributed by atoms with Crippen LogP contribution in [0.2, 0.25) is 5.02 Å². The fourth-order valence-electron chi connectivity index (χ4n) is 0.662. The van der Waals surface area contributed by atoms with Crippen molar-refractivity contribution in [3.63, 3.8) is 0 Å². The second-order valence-electron chi connectivity index (χ2n) is 1.95. The lowest BCUT2D eigenvalue weighted by Crippen LogP contribution is -1.93. The second kappa shape index (κ2) is 2.79. The van der Waals surface area contributed by atoms with Gasteiger partial charge in [-0.3, -0.25) is 0 Å². The first-order chi connectivity index (χ1) is 5.04. The number of carbonyl (C=O) groups is 1. The Labute approximate surface area is 71.2 Å². The fourth-order valence-corrected chi connectivity index (χ4v) is 1.69. The minimum Gasteiger partial charge on any atom is -0.477 e. The van der Waals surface area contributed by atoms with Crippen LogP contribution in [0.3, 0.4) is 0 Å². The van der Waals surface area contributed by atoms with E-state index in [2.05, 4.69) is 0 Å². The molecule has 0 aliphatic carbocycles. The van der Waals surface area contributed by atoms with Gasteiger partial charge in [-0.1, -0.05) is 22.9 Å². The zero-order valence-corrected chi connectivity index (χ0v) is 7.09. The summed E-state index contributed by atoms with van der Waals surface area (Å²) in [6.07, 6.45) is 0. The lowest BCUT2D eigenvalue weighted by molar-refractivity contribution is 0.0701. The van der Waals surface area contributed by atoms with Crippen LogP contribution in [0.15, 0.2) is 0 Å². The zero-order valence-electron chi connectivity index (χ0n) is 5.52. The van der Waals surface area contributed by atoms with Crippen LogP contribution in [0.1, 0.15) is 15.2 Å². The number of carboxylic acid groups (broad SMARTS) is 1. The molecule has 0 aromatic carbocycles. The van der Waals surface area contributed by atoms with E-state index in [1.165, 1.54) is 6.92 Å². The molecule has 60 valence electrons. The van der Waals surface area contributed by atoms with Gasteiger partial charge >= 0.3 is 5.97 Å². The van der Waals surface area contributed by atoms with Crippen LogP contribution >= 0.6 is 22.9 Å². The van der Waals surface area contributed by atoms with Crippen LogP contribution in [0.4, 0.5) is 4.39 Å². The van der Waals surface area contributed by atoms with Crippen LogP contribution in [-0.2, 0) is 0 Å². The van der Waals surface area contributed by atoms with E-state index in [1.807, 2.05) is 0 Å². The maximum Gasteiger partial charge on any atom is 0.346 e. The molecule has 0 aliphatic heterocycles. The normalized spacial score (nSPS) is 10.1. The summed E-state index contributed by atoms with van der Waals surface area (Å²) in [5.74, 6) is -1.14. The standard InChI is InChI=1S/C6H4ClFO2S/c1-2-3(7)5(8)11-4(2)6(9)10/h1H3,(H,9,10). The number of hydrogen-bond donors (Lipinski definition) is 1. The number of halogens is 2. The smallest absolute Gasteiger partial charge is 0.346 e. The molecule has 0 radical (unpaired) electrons. The Hall–Kier alpha value is -0.610. The van der Waals surface area contributed by atoms with Gasteiger partial charge in [0, 0.05) is 0 Å². The van der Waals surface area contributed by atoms with Gasteiger partial charge in [-0.05, 0) is 12.5 Å². The third kappa shape index (κ3) is 1.36. The molecular weight excluding hydrogens is 191 g/mol. The maximum absolute atomic E-state index is 12.6. The van der Waals surface area contributed by atoms with Crippen LogP contribution in [0, 0.1) is 12.1 Å². The molecule has 1 aromatic heterocycles. The molecule has 1 N–H and O–H groups in total. The number of thiophene rings is 1. The largest absolute Gasteiger partial charge is 0.477 e. The molecule has 0 spiro atoms. The first-order valence-electron chi connectivity index (χ1n) is 2.71. The summed E-state index contributed by atoms with van der Waals surface area (Å²) in [6, 6.07) is 0. The molecule has 0 amide bonds. The van der Waals surface area contributed by atoms with Gasteiger partial charge in [0.2, 0.25) is 0 Å². The number of carboxylic acids is 1. The third-order valence-electron chi connectivity index (χ3n) is 1.23. The molecule has 1 aromatic rings. The number of rotatable bonds is 1. The summed E-state index contributed by atoms with van der Waals surface area (Å²) in [5, 5.41) is 7.76. The van der Waals surface area contributed by atoms with Crippen molar-refractivity contribution in [1.29, 1.82) is 0 Å². The molecule has 0 bridgehead atoms. The number of aromatic carboxylic acids is 1. The molecule has 0 unspecified atom stereocenters. The fraction of sp³-hybridized carbons (Fsp3) is 0.167. The molecule has 0 saturated heterocycles. The molecular formula is C6H4ClFO2S. The van der Waals surface area contributed by atoms with Crippen LogP contribution < -0.4 is 0 Å². The molecule has 0 aliphatic rings. The second-order valence-corrected chi connectivity index (χ2v) is 3.30. The van der Waals surface area contributed by atoms with Crippen molar-refractivity contribution < 1.29 is 14.3 Å². The summed E-state index contributed by atoms with van der Waals surface area (Å²) in [5.41, 5.74) is 0.293. The van der Waals surface area contributed by atoms with Crippen molar-refractivity contribution >= 4 is 28.9 Å². The van der Waals surface area contributed by atoms with E-state index in [0.717, 1.165) is 0 Å². The highest BCUT2D eigenvalue weighted by Gasteiger charge is 2.17. The summed E-state index contributed by atoms with van der Waals surface area (Å²) >= 11 is 5.97. The molecule has 1 rings (SSSR count). The van der Waals surface area contributed by atoms with Gasteiger partial charge in [0.15, 0.2) is 5.13 Å². The molecule has 0 fully saturated rings. The first kappa shape index (κ1) is 8.49. The summed E-state index contributed by atoms with van der Waals surface area (Å²) in [4.78, 5) is 10.3. The van der Waals surface area contributed by atoms with E-state index in [4.69, 9.17) is 16.7 Å². The molecule has 11 heavy (non-hydrogen) atoms. The van der Waals surface area contributed by atoms with E-state index in [1.54, 1.807) is 0 Å². The van der Waals surface area contributed by atoms with Crippen molar-refractivity contribution in [1.82, 2.24) is 0 Å². The molecule has 0 atom stereocenters. The molecule has 5 heteroatoms. The quantitative estimate of drug-likeness (QED) is 0.746. The van der Waals surface area contributed by atoms with Crippen molar-refractivity contribution in [2.45, 2.75) is 6.92 Å². The monoisotopic (exact) mass is 194 g/mol. The van der Waals surface area contributed by atoms with E-state index >= 15 is 0 Å². The van der Waals surface area contributed by atoms with Gasteiger partial charge in [0.05, 0.1) is 5.02 Å². The summed E-state index contributed by atoms with van der Waals surface area (Å²) in [6.45, 7) is 1.48. The van der Waals surface area contributed by atoms with Crippen molar-refractivity contribution in [3.8, 4) is 0 Å². The van der Waals surface area contributed by atoms with E-state index in [9.17, 15) is 9.18 Å². The van der Waals surface area contributed by atoms with E-state index < -0.39 is 11.1 Å². The van der Waals surface area contributed by atoms with E-state index in [-0.39, 0.29) is 9.90 Å². The Bertz CT molecular complexity index is 308. The topological polar surface area (TPSA) is 37.3 Å². The van der Waals surface area contributed by atoms with Crippen molar-refractivity contribution in [3.05, 3.63) is 20.6 Å². The molecule has 1 heterocycles. The molecule has 2 nitrogen and oxygen atoms in total. The number of hydrogen-bond acceptors (Lipinski definition) is 2. The Kier molecular flexibility index (Phi) is 2.15. The summed E-state index contributed by atoms with van der Waals surface area (Å²) < 4.78 is 12.6. The van der Waals surface area contributed by atoms with Gasteiger partial charge in [0.1, 0.15) is 4.88 Å². The highest BCUT2D eigenvalue weighted by Crippen LogP contribution is 2.30. The average molecular weight is 195 g/mol. The predicted octanol–water partition coefficient (Wildman–Crippen LogP) is 2.55. The lowest BCUT2D eigenvalue weighted by Gasteiger charge is -1.88. The lowest BCUT2D eigenvalue weighted by atomic mass is 10.3. The van der Waals surface area contributed by atoms with Gasteiger partial charge < -0.3 is 5.11 Å². The van der Waals surface area contributed by atoms with Gasteiger partial charge in [-0.25, -0.2) is 4.79 Å². The zero-order chi connectivity index (χ0) is 8.59. The Morgan fingerprint density at radius 1 is 1.73 bits per heavy atom. The minimum absolute atomic E-state index is 0.0347. The van der Waals surface area contributed by atoms with E-state index in [0.29, 0.717) is 16.9 Å². The Balaban J connectivity index is 3.29. The first-order valence-corrected chi connectivity index (χ1v) is 3.91. The molecule has 0 saturated carbocycles. The van der Waals surface area contributed by atoms with Gasteiger partial charge in [-0.15, -0.1) is 0 Å². The van der Waals surface area contributed by atoms with Gasteiger partial charge in [-0.2, -0.15) is 4.39 Å². The maximum atomic E-state index is 12.6. The Morgan fingerprint density at radius 2 is 2.27 bits per heavy atom. The highest BCUT2D eigenvalue weighted by molar-refractivity contribution is 7.13. The predicted molar refractivity (Wildman–Crippen MR) is 41.0 cm³/mol. The average Bonchev–Trinajstić information content (AvgIpc) is 2.17. The van der Waals surface area contributed by atoms with Crippen LogP contribution in [-0.4, -0.2) is 11.1 Å².